The van der Waals surface area contributed by atoms with E-state index >= 15 is 0 Å². The molecule has 21 heavy (non-hydrogen) atoms. The number of amides is 2. The van der Waals surface area contributed by atoms with E-state index in [0.29, 0.717) is 11.1 Å². The van der Waals surface area contributed by atoms with Gasteiger partial charge < -0.3 is 9.80 Å². The fraction of sp³-hybridized carbons (Fsp3) is 0.267. The minimum absolute atomic E-state index is 0.0140. The van der Waals surface area contributed by atoms with Crippen molar-refractivity contribution in [2.45, 2.75) is 0 Å². The van der Waals surface area contributed by atoms with E-state index < -0.39 is 0 Å². The van der Waals surface area contributed by atoms with Crippen LogP contribution >= 0.6 is 11.6 Å². The number of fused-ring (bicyclic) bond motifs is 1. The van der Waals surface area contributed by atoms with Crippen molar-refractivity contribution in [2.75, 3.05) is 27.7 Å². The Hall–Kier alpha value is -2.14. The van der Waals surface area contributed by atoms with Crippen LogP contribution < -0.4 is 0 Å². The molecule has 0 radical (unpaired) electrons. The monoisotopic (exact) mass is 305 g/mol. The molecule has 6 heteroatoms. The Bertz CT molecular complexity index is 700. The van der Waals surface area contributed by atoms with Gasteiger partial charge in [0.2, 0.25) is 5.91 Å². The van der Waals surface area contributed by atoms with Gasteiger partial charge in [-0.15, -0.1) is 0 Å². The number of hydrogen-bond acceptors (Lipinski definition) is 3. The summed E-state index contributed by atoms with van der Waals surface area (Å²) in [7, 11) is 4.89. The molecule has 110 valence electrons. The highest BCUT2D eigenvalue weighted by Gasteiger charge is 2.19. The fourth-order valence-corrected chi connectivity index (χ4v) is 2.14. The molecule has 2 rings (SSSR count). The van der Waals surface area contributed by atoms with Gasteiger partial charge in [0, 0.05) is 26.5 Å². The second-order valence-corrected chi connectivity index (χ2v) is 5.35. The Morgan fingerprint density at radius 3 is 2.52 bits per heavy atom. The van der Waals surface area contributed by atoms with Gasteiger partial charge in [0.25, 0.3) is 5.91 Å². The predicted octanol–water partition coefficient (Wildman–Crippen LogP) is 2.05. The van der Waals surface area contributed by atoms with E-state index in [-0.39, 0.29) is 23.5 Å². The maximum absolute atomic E-state index is 12.5. The number of halogens is 1. The molecule has 0 saturated heterocycles. The number of aromatic nitrogens is 1. The second kappa shape index (κ2) is 6.10. The minimum Gasteiger partial charge on any atom is -0.347 e. The molecule has 0 aliphatic heterocycles. The average molecular weight is 306 g/mol. The first-order valence-electron chi connectivity index (χ1n) is 6.41. The van der Waals surface area contributed by atoms with Crippen LogP contribution in [0, 0.1) is 0 Å². The molecule has 0 bridgehead atoms. The van der Waals surface area contributed by atoms with E-state index in [9.17, 15) is 9.59 Å². The van der Waals surface area contributed by atoms with Gasteiger partial charge in [-0.1, -0.05) is 29.8 Å². The van der Waals surface area contributed by atoms with Gasteiger partial charge in [-0.3, -0.25) is 9.59 Å². The molecular weight excluding hydrogens is 290 g/mol. The third-order valence-corrected chi connectivity index (χ3v) is 3.33. The summed E-state index contributed by atoms with van der Waals surface area (Å²) < 4.78 is 0. The maximum Gasteiger partial charge on any atom is 0.254 e. The van der Waals surface area contributed by atoms with Crippen LogP contribution in [0.25, 0.3) is 10.9 Å². The molecule has 1 aromatic heterocycles. The van der Waals surface area contributed by atoms with Crippen molar-refractivity contribution in [3.63, 3.8) is 0 Å². The van der Waals surface area contributed by atoms with Gasteiger partial charge in [0.05, 0.1) is 17.6 Å². The highest BCUT2D eigenvalue weighted by molar-refractivity contribution is 6.30. The van der Waals surface area contributed by atoms with Crippen LogP contribution in [0.2, 0.25) is 5.15 Å². The molecule has 0 N–H and O–H groups in total. The molecule has 0 aliphatic rings. The van der Waals surface area contributed by atoms with Crippen molar-refractivity contribution >= 4 is 34.3 Å². The number of carbonyl (C=O) groups excluding carboxylic acids is 2. The van der Waals surface area contributed by atoms with E-state index in [0.717, 1.165) is 5.39 Å². The summed E-state index contributed by atoms with van der Waals surface area (Å²) in [5.41, 5.74) is 1.10. The first kappa shape index (κ1) is 15.3. The Balaban J connectivity index is 2.37. The van der Waals surface area contributed by atoms with Crippen molar-refractivity contribution < 1.29 is 9.59 Å². The van der Waals surface area contributed by atoms with Crippen LogP contribution in [0.3, 0.4) is 0 Å². The van der Waals surface area contributed by atoms with Gasteiger partial charge in [0.1, 0.15) is 5.15 Å². The van der Waals surface area contributed by atoms with Crippen molar-refractivity contribution in [1.82, 2.24) is 14.8 Å². The van der Waals surface area contributed by atoms with Crippen LogP contribution in [0.15, 0.2) is 30.3 Å². The van der Waals surface area contributed by atoms with Crippen molar-refractivity contribution in [3.8, 4) is 0 Å². The summed E-state index contributed by atoms with van der Waals surface area (Å²) in [6, 6.07) is 8.80. The summed E-state index contributed by atoms with van der Waals surface area (Å²) in [5, 5.41) is 0.973. The van der Waals surface area contributed by atoms with Gasteiger partial charge in [0.15, 0.2) is 0 Å². The molecule has 2 amide bonds. The van der Waals surface area contributed by atoms with Gasteiger partial charge >= 0.3 is 0 Å². The average Bonchev–Trinajstić information content (AvgIpc) is 2.45. The number of hydrogen-bond donors (Lipinski definition) is 0. The maximum atomic E-state index is 12.5. The third-order valence-electron chi connectivity index (χ3n) is 3.13. The van der Waals surface area contributed by atoms with Crippen molar-refractivity contribution in [3.05, 3.63) is 41.0 Å². The lowest BCUT2D eigenvalue weighted by molar-refractivity contribution is -0.129. The minimum atomic E-state index is -0.259. The largest absolute Gasteiger partial charge is 0.347 e. The van der Waals surface area contributed by atoms with Crippen LogP contribution in [0.5, 0.6) is 0 Å². The van der Waals surface area contributed by atoms with E-state index in [1.54, 1.807) is 27.2 Å². The Morgan fingerprint density at radius 1 is 1.19 bits per heavy atom. The molecule has 2 aromatic rings. The van der Waals surface area contributed by atoms with Crippen molar-refractivity contribution in [2.24, 2.45) is 0 Å². The zero-order chi connectivity index (χ0) is 15.6. The molecule has 0 atom stereocenters. The number of nitrogens with zero attached hydrogens (tertiary/aromatic N) is 3. The topological polar surface area (TPSA) is 53.5 Å². The second-order valence-electron chi connectivity index (χ2n) is 4.96. The predicted molar refractivity (Wildman–Crippen MR) is 82.4 cm³/mol. The lowest BCUT2D eigenvalue weighted by Gasteiger charge is -2.20. The van der Waals surface area contributed by atoms with E-state index in [2.05, 4.69) is 4.98 Å². The number of likely N-dealkylation sites (N-methyl/N-ethyl adjacent to an activating group) is 2. The highest BCUT2D eigenvalue weighted by Crippen LogP contribution is 2.21. The molecule has 1 aromatic carbocycles. The summed E-state index contributed by atoms with van der Waals surface area (Å²) >= 11 is 5.97. The number of para-hydroxylation sites is 1. The molecule has 0 saturated carbocycles. The Morgan fingerprint density at radius 2 is 1.86 bits per heavy atom. The zero-order valence-corrected chi connectivity index (χ0v) is 12.9. The lowest BCUT2D eigenvalue weighted by atomic mass is 10.1. The summed E-state index contributed by atoms with van der Waals surface area (Å²) in [6.07, 6.45) is 0. The first-order chi connectivity index (χ1) is 9.90. The first-order valence-corrected chi connectivity index (χ1v) is 6.79. The highest BCUT2D eigenvalue weighted by atomic mass is 35.5. The SMILES string of the molecule is CN(C)C(=O)CN(C)C(=O)c1cc(Cl)nc2ccccc12. The molecule has 0 fully saturated rings. The summed E-state index contributed by atoms with van der Waals surface area (Å²) in [4.78, 5) is 31.3. The standard InChI is InChI=1S/C15H16ClN3O2/c1-18(2)14(20)9-19(3)15(21)11-8-13(16)17-12-7-5-4-6-10(11)12/h4-8H,9H2,1-3H3. The van der Waals surface area contributed by atoms with Crippen LogP contribution in [-0.4, -0.2) is 54.3 Å². The smallest absolute Gasteiger partial charge is 0.254 e. The Kier molecular flexibility index (Phi) is 4.43. The number of benzene rings is 1. The fourth-order valence-electron chi connectivity index (χ4n) is 1.94. The van der Waals surface area contributed by atoms with Gasteiger partial charge in [-0.2, -0.15) is 0 Å². The molecule has 0 aliphatic carbocycles. The third kappa shape index (κ3) is 3.31. The lowest BCUT2D eigenvalue weighted by Crippen LogP contribution is -2.37. The van der Waals surface area contributed by atoms with Crippen LogP contribution in [0.1, 0.15) is 10.4 Å². The van der Waals surface area contributed by atoms with Crippen molar-refractivity contribution in [1.29, 1.82) is 0 Å². The number of rotatable bonds is 3. The van der Waals surface area contributed by atoms with Crippen LogP contribution in [0.4, 0.5) is 0 Å². The summed E-state index contributed by atoms with van der Waals surface area (Å²) in [6.45, 7) is 0.0140. The number of carbonyl (C=O) groups is 2. The quantitative estimate of drug-likeness (QED) is 0.816. The molecular formula is C15H16ClN3O2. The zero-order valence-electron chi connectivity index (χ0n) is 12.1. The molecule has 1 heterocycles. The molecule has 0 spiro atoms. The summed E-state index contributed by atoms with van der Waals surface area (Å²) in [5.74, 6) is -0.402. The van der Waals surface area contributed by atoms with E-state index in [1.165, 1.54) is 15.9 Å². The molecule has 5 nitrogen and oxygen atoms in total. The van der Waals surface area contributed by atoms with Crippen LogP contribution in [-0.2, 0) is 4.79 Å². The molecule has 0 unspecified atom stereocenters. The van der Waals surface area contributed by atoms with E-state index in [4.69, 9.17) is 11.6 Å². The van der Waals surface area contributed by atoms with Gasteiger partial charge in [-0.25, -0.2) is 4.98 Å². The van der Waals surface area contributed by atoms with E-state index in [1.807, 2.05) is 18.2 Å². The van der Waals surface area contributed by atoms with Gasteiger partial charge in [-0.05, 0) is 12.1 Å². The Labute approximate surface area is 128 Å². The number of pyridine rings is 1. The normalized spacial score (nSPS) is 10.5.